The molecular weight excluding hydrogens is 597 g/mol. The van der Waals surface area contributed by atoms with Gasteiger partial charge in [0.05, 0.1) is 22.6 Å². The highest BCUT2D eigenvalue weighted by molar-refractivity contribution is 6.08. The molecule has 0 saturated carbocycles. The van der Waals surface area contributed by atoms with E-state index in [0.29, 0.717) is 5.82 Å². The Morgan fingerprint density at radius 3 is 1.51 bits per heavy atom. The molecule has 0 aliphatic rings. The van der Waals surface area contributed by atoms with Crippen LogP contribution in [0.2, 0.25) is 0 Å². The van der Waals surface area contributed by atoms with Gasteiger partial charge in [0.25, 0.3) is 0 Å². The van der Waals surface area contributed by atoms with Gasteiger partial charge in [0, 0.05) is 38.8 Å². The average molecular weight is 627 g/mol. The van der Waals surface area contributed by atoms with Crippen LogP contribution in [-0.4, -0.2) is 19.6 Å². The monoisotopic (exact) mass is 626 g/mol. The molecule has 3 aromatic heterocycles. The molecule has 0 aliphatic heterocycles. The molecule has 6 aromatic carbocycles. The van der Waals surface area contributed by atoms with Gasteiger partial charge < -0.3 is 0 Å². The SMILES string of the molecule is c1ccc(-c2cc(-c3ccc(-c4nn5c(-c6ccccc6)cc6ccccc6c5c4-c4ccccc4)cc3)nc(-c3ccccc3)n2)cc1. The normalized spacial score (nSPS) is 11.3. The third kappa shape index (κ3) is 5.26. The van der Waals surface area contributed by atoms with Crippen molar-refractivity contribution in [2.45, 2.75) is 0 Å². The fourth-order valence-corrected chi connectivity index (χ4v) is 6.65. The second-order valence-corrected chi connectivity index (χ2v) is 12.1. The Morgan fingerprint density at radius 1 is 0.388 bits per heavy atom. The largest absolute Gasteiger partial charge is 0.231 e. The number of fused-ring (bicyclic) bond motifs is 3. The van der Waals surface area contributed by atoms with E-state index in [1.54, 1.807) is 0 Å². The Balaban J connectivity index is 1.24. The Labute approximate surface area is 284 Å². The molecule has 0 radical (unpaired) electrons. The van der Waals surface area contributed by atoms with E-state index >= 15 is 0 Å². The van der Waals surface area contributed by atoms with Gasteiger partial charge in [-0.25, -0.2) is 14.5 Å². The minimum atomic E-state index is 0.702. The van der Waals surface area contributed by atoms with Crippen molar-refractivity contribution >= 4 is 16.3 Å². The van der Waals surface area contributed by atoms with Gasteiger partial charge >= 0.3 is 0 Å². The van der Waals surface area contributed by atoms with Gasteiger partial charge in [-0.3, -0.25) is 0 Å². The van der Waals surface area contributed by atoms with Crippen LogP contribution < -0.4 is 0 Å². The minimum absolute atomic E-state index is 0.702. The third-order valence-corrected chi connectivity index (χ3v) is 9.04. The predicted octanol–water partition coefficient (Wildman–Crippen LogP) is 11.3. The number of nitrogens with zero attached hydrogens (tertiary/aromatic N) is 4. The van der Waals surface area contributed by atoms with Crippen molar-refractivity contribution in [1.29, 1.82) is 0 Å². The highest BCUT2D eigenvalue weighted by Crippen LogP contribution is 2.41. The zero-order chi connectivity index (χ0) is 32.6. The first-order valence-corrected chi connectivity index (χ1v) is 16.5. The molecule has 0 atom stereocenters. The maximum atomic E-state index is 5.39. The summed E-state index contributed by atoms with van der Waals surface area (Å²) in [5.41, 5.74) is 12.3. The van der Waals surface area contributed by atoms with E-state index in [0.717, 1.165) is 67.2 Å². The van der Waals surface area contributed by atoms with Crippen molar-refractivity contribution in [2.75, 3.05) is 0 Å². The van der Waals surface area contributed by atoms with E-state index in [9.17, 15) is 0 Å². The van der Waals surface area contributed by atoms with Crippen LogP contribution in [0.3, 0.4) is 0 Å². The maximum absolute atomic E-state index is 5.39. The lowest BCUT2D eigenvalue weighted by atomic mass is 9.96. The molecule has 9 aromatic rings. The maximum Gasteiger partial charge on any atom is 0.160 e. The quantitative estimate of drug-likeness (QED) is 0.184. The van der Waals surface area contributed by atoms with Crippen molar-refractivity contribution in [3.63, 3.8) is 0 Å². The summed E-state index contributed by atoms with van der Waals surface area (Å²) in [6.07, 6.45) is 0. The summed E-state index contributed by atoms with van der Waals surface area (Å²) in [6.45, 7) is 0. The first-order chi connectivity index (χ1) is 24.3. The van der Waals surface area contributed by atoms with Crippen LogP contribution in [0.4, 0.5) is 0 Å². The van der Waals surface area contributed by atoms with Crippen LogP contribution in [0.5, 0.6) is 0 Å². The lowest BCUT2D eigenvalue weighted by Gasteiger charge is -2.11. The lowest BCUT2D eigenvalue weighted by Crippen LogP contribution is -1.96. The number of hydrogen-bond acceptors (Lipinski definition) is 3. The molecule has 0 bridgehead atoms. The molecule has 3 heterocycles. The molecule has 0 saturated heterocycles. The van der Waals surface area contributed by atoms with Crippen LogP contribution in [0.25, 0.3) is 83.8 Å². The van der Waals surface area contributed by atoms with E-state index in [2.05, 4.69) is 150 Å². The molecule has 49 heavy (non-hydrogen) atoms. The number of rotatable bonds is 6. The average Bonchev–Trinajstić information content (AvgIpc) is 3.60. The highest BCUT2D eigenvalue weighted by Gasteiger charge is 2.21. The molecule has 0 amide bonds. The molecule has 0 unspecified atom stereocenters. The smallest absolute Gasteiger partial charge is 0.160 e. The van der Waals surface area contributed by atoms with E-state index in [4.69, 9.17) is 15.1 Å². The molecule has 9 rings (SSSR count). The van der Waals surface area contributed by atoms with Gasteiger partial charge in [0.15, 0.2) is 5.82 Å². The van der Waals surface area contributed by atoms with Crippen molar-refractivity contribution in [2.24, 2.45) is 0 Å². The summed E-state index contributed by atoms with van der Waals surface area (Å²) in [6, 6.07) is 63.1. The second kappa shape index (κ2) is 12.2. The summed E-state index contributed by atoms with van der Waals surface area (Å²) < 4.78 is 2.13. The third-order valence-electron chi connectivity index (χ3n) is 9.04. The predicted molar refractivity (Wildman–Crippen MR) is 201 cm³/mol. The number of hydrogen-bond donors (Lipinski definition) is 0. The van der Waals surface area contributed by atoms with Gasteiger partial charge in [-0.2, -0.15) is 5.10 Å². The first kappa shape index (κ1) is 28.6. The summed E-state index contributed by atoms with van der Waals surface area (Å²) in [5, 5.41) is 7.73. The van der Waals surface area contributed by atoms with Crippen molar-refractivity contribution < 1.29 is 0 Å². The van der Waals surface area contributed by atoms with Crippen LogP contribution in [0.15, 0.2) is 182 Å². The van der Waals surface area contributed by atoms with E-state index in [-0.39, 0.29) is 0 Å². The fourth-order valence-electron chi connectivity index (χ4n) is 6.65. The first-order valence-electron chi connectivity index (χ1n) is 16.5. The molecule has 230 valence electrons. The fraction of sp³-hybridized carbons (Fsp3) is 0. The Hall–Kier alpha value is -6.65. The van der Waals surface area contributed by atoms with Gasteiger partial charge in [-0.05, 0) is 23.1 Å². The van der Waals surface area contributed by atoms with Gasteiger partial charge in [-0.1, -0.05) is 170 Å². The minimum Gasteiger partial charge on any atom is -0.231 e. The van der Waals surface area contributed by atoms with E-state index in [1.807, 2.05) is 36.4 Å². The molecule has 4 heteroatoms. The molecule has 4 nitrogen and oxygen atoms in total. The zero-order valence-electron chi connectivity index (χ0n) is 26.6. The van der Waals surface area contributed by atoms with Crippen LogP contribution in [0.1, 0.15) is 0 Å². The second-order valence-electron chi connectivity index (χ2n) is 12.1. The molecular formula is C45H30N4. The summed E-state index contributed by atoms with van der Waals surface area (Å²) in [4.78, 5) is 10.0. The van der Waals surface area contributed by atoms with Crippen molar-refractivity contribution in [3.05, 3.63) is 182 Å². The summed E-state index contributed by atoms with van der Waals surface area (Å²) >= 11 is 0. The number of pyridine rings is 1. The lowest BCUT2D eigenvalue weighted by molar-refractivity contribution is 0.979. The Kier molecular flexibility index (Phi) is 7.10. The van der Waals surface area contributed by atoms with Gasteiger partial charge in [0.1, 0.15) is 5.69 Å². The number of aromatic nitrogens is 4. The summed E-state index contributed by atoms with van der Waals surface area (Å²) in [7, 11) is 0. The highest BCUT2D eigenvalue weighted by atomic mass is 15.2. The zero-order valence-corrected chi connectivity index (χ0v) is 26.6. The Bertz CT molecular complexity index is 2500. The molecule has 0 fully saturated rings. The standard InChI is InChI=1S/C45H30N4/c1-5-15-31(16-6-1)39-30-40(47-45(46-39)36-21-11-4-12-22-36)32-25-27-35(28-26-32)43-42(34-19-9-3-10-20-34)44-38-24-14-13-23-37(38)29-41(49(44)48-43)33-17-7-2-8-18-33/h1-30H. The van der Waals surface area contributed by atoms with Gasteiger partial charge in [0.2, 0.25) is 0 Å². The van der Waals surface area contributed by atoms with Crippen molar-refractivity contribution in [1.82, 2.24) is 19.6 Å². The molecule has 0 N–H and O–H groups in total. The van der Waals surface area contributed by atoms with E-state index in [1.165, 1.54) is 10.8 Å². The summed E-state index contributed by atoms with van der Waals surface area (Å²) in [5.74, 6) is 0.702. The van der Waals surface area contributed by atoms with E-state index < -0.39 is 0 Å². The number of benzene rings is 6. The van der Waals surface area contributed by atoms with Crippen LogP contribution in [-0.2, 0) is 0 Å². The molecule has 0 spiro atoms. The molecule has 0 aliphatic carbocycles. The van der Waals surface area contributed by atoms with Crippen molar-refractivity contribution in [3.8, 4) is 67.5 Å². The van der Waals surface area contributed by atoms with Crippen LogP contribution in [0, 0.1) is 0 Å². The van der Waals surface area contributed by atoms with Gasteiger partial charge in [-0.15, -0.1) is 0 Å². The topological polar surface area (TPSA) is 43.1 Å². The van der Waals surface area contributed by atoms with Crippen LogP contribution >= 0.6 is 0 Å². The Morgan fingerprint density at radius 2 is 0.878 bits per heavy atom.